The van der Waals surface area contributed by atoms with E-state index in [1.807, 2.05) is 0 Å². The fraction of sp³-hybridized carbons (Fsp3) is 0.700. The molecule has 1 N–H and O–H groups in total. The Bertz CT molecular complexity index is 419. The van der Waals surface area contributed by atoms with Gasteiger partial charge in [0.2, 0.25) is 0 Å². The summed E-state index contributed by atoms with van der Waals surface area (Å²) in [4.78, 5) is 6.41. The van der Waals surface area contributed by atoms with Crippen molar-refractivity contribution < 1.29 is 8.42 Å². The number of aromatic nitrogens is 2. The maximum Gasteiger partial charge on any atom is 0.260 e. The molecule has 2 rings (SSSR count). The summed E-state index contributed by atoms with van der Waals surface area (Å²) in [5.74, 6) is 0.674. The van der Waals surface area contributed by atoms with Crippen LogP contribution < -0.4 is 0 Å². The first-order chi connectivity index (χ1) is 7.64. The molecule has 0 radical (unpaired) electrons. The van der Waals surface area contributed by atoms with Gasteiger partial charge < -0.3 is 4.98 Å². The van der Waals surface area contributed by atoms with Gasteiger partial charge in [0.05, 0.1) is 12.5 Å². The molecule has 0 aromatic carbocycles. The highest BCUT2D eigenvalue weighted by Crippen LogP contribution is 2.24. The van der Waals surface area contributed by atoms with Crippen molar-refractivity contribution in [2.45, 2.75) is 31.2 Å². The van der Waals surface area contributed by atoms with Crippen molar-refractivity contribution in [3.8, 4) is 0 Å². The number of H-pyrrole nitrogens is 1. The van der Waals surface area contributed by atoms with Gasteiger partial charge in [0.1, 0.15) is 0 Å². The van der Waals surface area contributed by atoms with Crippen LogP contribution in [-0.4, -0.2) is 35.8 Å². The topological polar surface area (TPSA) is 66.1 Å². The van der Waals surface area contributed by atoms with Crippen LogP contribution in [0.4, 0.5) is 0 Å². The van der Waals surface area contributed by atoms with Gasteiger partial charge in [-0.3, -0.25) is 0 Å². The monoisotopic (exact) mass is 243 g/mol. The number of sulfonamides is 1. The normalized spacial score (nSPS) is 20.1. The molecule has 90 valence electrons. The molecule has 16 heavy (non-hydrogen) atoms. The van der Waals surface area contributed by atoms with Gasteiger partial charge in [0.15, 0.2) is 5.03 Å². The molecular weight excluding hydrogens is 226 g/mol. The first-order valence-corrected chi connectivity index (χ1v) is 7.07. The zero-order valence-corrected chi connectivity index (χ0v) is 10.2. The van der Waals surface area contributed by atoms with Gasteiger partial charge in [-0.1, -0.05) is 13.3 Å². The van der Waals surface area contributed by atoms with Crippen LogP contribution in [-0.2, 0) is 10.0 Å². The number of hydrogen-bond acceptors (Lipinski definition) is 3. The van der Waals surface area contributed by atoms with Crippen molar-refractivity contribution in [3.63, 3.8) is 0 Å². The molecule has 6 heteroatoms. The van der Waals surface area contributed by atoms with E-state index in [-0.39, 0.29) is 5.03 Å². The number of nitrogens with zero attached hydrogens (tertiary/aromatic N) is 2. The predicted octanol–water partition coefficient (Wildman–Crippen LogP) is 1.22. The highest BCUT2D eigenvalue weighted by atomic mass is 32.2. The third-order valence-electron chi connectivity index (χ3n) is 3.24. The number of piperidine rings is 1. The highest BCUT2D eigenvalue weighted by molar-refractivity contribution is 7.89. The number of aromatic amines is 1. The van der Waals surface area contributed by atoms with E-state index in [2.05, 4.69) is 16.9 Å². The molecule has 0 unspecified atom stereocenters. The Morgan fingerprint density at radius 2 is 2.19 bits per heavy atom. The lowest BCUT2D eigenvalue weighted by molar-refractivity contribution is 0.268. The lowest BCUT2D eigenvalue weighted by Crippen LogP contribution is -2.38. The van der Waals surface area contributed by atoms with Gasteiger partial charge in [-0.05, 0) is 18.8 Å². The lowest BCUT2D eigenvalue weighted by Gasteiger charge is -2.30. The number of nitrogens with one attached hydrogen (secondary N) is 1. The molecule has 1 fully saturated rings. The number of imidazole rings is 1. The first-order valence-electron chi connectivity index (χ1n) is 5.63. The highest BCUT2D eigenvalue weighted by Gasteiger charge is 2.29. The minimum absolute atomic E-state index is 0.197. The van der Waals surface area contributed by atoms with Crippen LogP contribution >= 0.6 is 0 Å². The molecule has 0 bridgehead atoms. The summed E-state index contributed by atoms with van der Waals surface area (Å²) in [6, 6.07) is 0. The van der Waals surface area contributed by atoms with Gasteiger partial charge in [-0.2, -0.15) is 4.31 Å². The lowest BCUT2D eigenvalue weighted by atomic mass is 9.96. The Kier molecular flexibility index (Phi) is 3.30. The second-order valence-electron chi connectivity index (χ2n) is 4.17. The SMILES string of the molecule is CCC1CCN(S(=O)(=O)c2cnc[nH]2)CC1. The van der Waals surface area contributed by atoms with Crippen molar-refractivity contribution >= 4 is 10.0 Å². The minimum Gasteiger partial charge on any atom is -0.335 e. The molecule has 0 amide bonds. The van der Waals surface area contributed by atoms with Gasteiger partial charge in [-0.15, -0.1) is 0 Å². The van der Waals surface area contributed by atoms with Crippen LogP contribution in [0.15, 0.2) is 17.6 Å². The van der Waals surface area contributed by atoms with E-state index >= 15 is 0 Å². The smallest absolute Gasteiger partial charge is 0.260 e. The van der Waals surface area contributed by atoms with Crippen molar-refractivity contribution in [3.05, 3.63) is 12.5 Å². The standard InChI is InChI=1S/C10H17N3O2S/c1-2-9-3-5-13(6-4-9)16(14,15)10-7-11-8-12-10/h7-9H,2-6H2,1H3,(H,11,12). The van der Waals surface area contributed by atoms with Crippen LogP contribution in [0.5, 0.6) is 0 Å². The first kappa shape index (κ1) is 11.6. The zero-order valence-electron chi connectivity index (χ0n) is 9.39. The van der Waals surface area contributed by atoms with E-state index in [1.54, 1.807) is 4.31 Å². The molecule has 5 nitrogen and oxygen atoms in total. The van der Waals surface area contributed by atoms with E-state index in [9.17, 15) is 8.42 Å². The van der Waals surface area contributed by atoms with Crippen molar-refractivity contribution in [1.29, 1.82) is 0 Å². The summed E-state index contributed by atoms with van der Waals surface area (Å²) in [6.45, 7) is 3.41. The summed E-state index contributed by atoms with van der Waals surface area (Å²) >= 11 is 0. The van der Waals surface area contributed by atoms with Gasteiger partial charge in [-0.25, -0.2) is 13.4 Å². The molecule has 1 aliphatic heterocycles. The molecule has 0 saturated carbocycles. The maximum atomic E-state index is 12.1. The zero-order chi connectivity index (χ0) is 11.6. The van der Waals surface area contributed by atoms with E-state index in [0.29, 0.717) is 19.0 Å². The average molecular weight is 243 g/mol. The molecule has 1 aromatic heterocycles. The largest absolute Gasteiger partial charge is 0.335 e. The van der Waals surface area contributed by atoms with Crippen LogP contribution in [0.2, 0.25) is 0 Å². The maximum absolute atomic E-state index is 12.1. The van der Waals surface area contributed by atoms with Gasteiger partial charge >= 0.3 is 0 Å². The van der Waals surface area contributed by atoms with E-state index in [0.717, 1.165) is 19.3 Å². The van der Waals surface area contributed by atoms with E-state index in [4.69, 9.17) is 0 Å². The Balaban J connectivity index is 2.09. The Morgan fingerprint density at radius 1 is 1.50 bits per heavy atom. The number of rotatable bonds is 3. The molecule has 1 aromatic rings. The summed E-state index contributed by atoms with van der Waals surface area (Å²) in [5.41, 5.74) is 0. The summed E-state index contributed by atoms with van der Waals surface area (Å²) in [7, 11) is -3.34. The molecule has 1 saturated heterocycles. The molecular formula is C10H17N3O2S. The van der Waals surface area contributed by atoms with Gasteiger partial charge in [0.25, 0.3) is 10.0 Å². The molecule has 2 heterocycles. The summed E-state index contributed by atoms with van der Waals surface area (Å²) in [5, 5.41) is 0.197. The third kappa shape index (κ3) is 2.12. The number of hydrogen-bond donors (Lipinski definition) is 1. The second-order valence-corrected chi connectivity index (χ2v) is 6.08. The molecule has 0 aliphatic carbocycles. The second kappa shape index (κ2) is 4.55. The Labute approximate surface area is 95.9 Å². The molecule has 0 atom stereocenters. The Morgan fingerprint density at radius 3 is 2.69 bits per heavy atom. The minimum atomic E-state index is -3.34. The third-order valence-corrected chi connectivity index (χ3v) is 5.07. The van der Waals surface area contributed by atoms with Crippen LogP contribution in [0.1, 0.15) is 26.2 Å². The molecule has 0 spiro atoms. The summed E-state index contributed by atoms with van der Waals surface area (Å²) < 4.78 is 25.7. The van der Waals surface area contributed by atoms with Crippen LogP contribution in [0.3, 0.4) is 0 Å². The van der Waals surface area contributed by atoms with Crippen LogP contribution in [0.25, 0.3) is 0 Å². The van der Waals surface area contributed by atoms with Crippen molar-refractivity contribution in [2.24, 2.45) is 5.92 Å². The Hall–Kier alpha value is -0.880. The van der Waals surface area contributed by atoms with Gasteiger partial charge in [0, 0.05) is 13.1 Å². The van der Waals surface area contributed by atoms with Crippen LogP contribution in [0, 0.1) is 5.92 Å². The fourth-order valence-corrected chi connectivity index (χ4v) is 3.45. The average Bonchev–Trinajstić information content (AvgIpc) is 2.83. The quantitative estimate of drug-likeness (QED) is 0.868. The predicted molar refractivity (Wildman–Crippen MR) is 60.4 cm³/mol. The van der Waals surface area contributed by atoms with Crippen molar-refractivity contribution in [1.82, 2.24) is 14.3 Å². The fourth-order valence-electron chi connectivity index (χ4n) is 2.08. The van der Waals surface area contributed by atoms with Crippen molar-refractivity contribution in [2.75, 3.05) is 13.1 Å². The van der Waals surface area contributed by atoms with E-state index < -0.39 is 10.0 Å². The van der Waals surface area contributed by atoms with E-state index in [1.165, 1.54) is 12.5 Å². The summed E-state index contributed by atoms with van der Waals surface area (Å²) in [6.07, 6.45) is 5.82. The molecule has 1 aliphatic rings.